The molecule has 130 valence electrons. The van der Waals surface area contributed by atoms with Crippen LogP contribution in [0.3, 0.4) is 0 Å². The molecule has 0 unspecified atom stereocenters. The summed E-state index contributed by atoms with van der Waals surface area (Å²) in [7, 11) is 0. The lowest BCUT2D eigenvalue weighted by Crippen LogP contribution is -2.45. The Balaban J connectivity index is 1.27. The summed E-state index contributed by atoms with van der Waals surface area (Å²) < 4.78 is 0. The molecule has 2 N–H and O–H groups in total. The zero-order chi connectivity index (χ0) is 16.4. The van der Waals surface area contributed by atoms with Crippen molar-refractivity contribution in [2.24, 2.45) is 11.8 Å². The van der Waals surface area contributed by atoms with E-state index in [-0.39, 0.29) is 0 Å². The van der Waals surface area contributed by atoms with Crippen molar-refractivity contribution in [3.05, 3.63) is 35.4 Å². The molecule has 2 saturated heterocycles. The van der Waals surface area contributed by atoms with Crippen LogP contribution >= 0.6 is 0 Å². The van der Waals surface area contributed by atoms with Gasteiger partial charge in [-0.1, -0.05) is 24.3 Å². The molecule has 0 bridgehead atoms. The topological polar surface area (TPSA) is 47.6 Å². The standard InChI is InChI=1S/C19H28N4O/c24-19(23-10-7-15-3-1-2-4-17(15)13-23)14-22-8-5-16(6-9-22)18-11-20-21-12-18/h1-4,16,18,20-21H,5-14H2. The number of amides is 1. The molecule has 3 heterocycles. The Bertz CT molecular complexity index is 576. The highest BCUT2D eigenvalue weighted by Crippen LogP contribution is 2.26. The van der Waals surface area contributed by atoms with Gasteiger partial charge >= 0.3 is 0 Å². The van der Waals surface area contributed by atoms with E-state index < -0.39 is 0 Å². The third-order valence-corrected chi connectivity index (χ3v) is 5.99. The van der Waals surface area contributed by atoms with Crippen LogP contribution in [0.4, 0.5) is 0 Å². The van der Waals surface area contributed by atoms with Gasteiger partial charge in [0.25, 0.3) is 0 Å². The SMILES string of the molecule is O=C(CN1CCC(C2CNNC2)CC1)N1CCc2ccccc2C1. The zero-order valence-corrected chi connectivity index (χ0v) is 14.3. The highest BCUT2D eigenvalue weighted by atomic mass is 16.2. The Morgan fingerprint density at radius 1 is 1.00 bits per heavy atom. The number of benzene rings is 1. The van der Waals surface area contributed by atoms with Gasteiger partial charge in [-0.15, -0.1) is 0 Å². The number of likely N-dealkylation sites (tertiary alicyclic amines) is 1. The van der Waals surface area contributed by atoms with Gasteiger partial charge in [-0.25, -0.2) is 0 Å². The van der Waals surface area contributed by atoms with Crippen LogP contribution in [0.2, 0.25) is 0 Å². The molecule has 4 rings (SSSR count). The van der Waals surface area contributed by atoms with Crippen LogP contribution in [0.5, 0.6) is 0 Å². The number of nitrogens with zero attached hydrogens (tertiary/aromatic N) is 2. The van der Waals surface area contributed by atoms with Crippen LogP contribution in [-0.2, 0) is 17.8 Å². The number of hydrogen-bond donors (Lipinski definition) is 2. The van der Waals surface area contributed by atoms with E-state index in [2.05, 4.69) is 40.0 Å². The number of carbonyl (C=O) groups excluding carboxylic acids is 1. The van der Waals surface area contributed by atoms with Crippen LogP contribution in [0.25, 0.3) is 0 Å². The smallest absolute Gasteiger partial charge is 0.237 e. The largest absolute Gasteiger partial charge is 0.337 e. The first-order valence-electron chi connectivity index (χ1n) is 9.32. The molecular weight excluding hydrogens is 300 g/mol. The Hall–Kier alpha value is -1.43. The van der Waals surface area contributed by atoms with Crippen molar-refractivity contribution >= 4 is 5.91 Å². The van der Waals surface area contributed by atoms with Crippen LogP contribution in [-0.4, -0.2) is 55.0 Å². The monoisotopic (exact) mass is 328 g/mol. The summed E-state index contributed by atoms with van der Waals surface area (Å²) in [6, 6.07) is 8.51. The molecule has 0 aromatic heterocycles. The maximum atomic E-state index is 12.7. The first-order valence-corrected chi connectivity index (χ1v) is 9.32. The molecule has 5 heteroatoms. The Kier molecular flexibility index (Phi) is 4.83. The molecule has 24 heavy (non-hydrogen) atoms. The van der Waals surface area contributed by atoms with Crippen molar-refractivity contribution in [2.75, 3.05) is 39.3 Å². The van der Waals surface area contributed by atoms with Crippen LogP contribution in [0.15, 0.2) is 24.3 Å². The molecule has 0 radical (unpaired) electrons. The summed E-state index contributed by atoms with van der Waals surface area (Å²) in [6.07, 6.45) is 3.44. The highest BCUT2D eigenvalue weighted by molar-refractivity contribution is 5.78. The quantitative estimate of drug-likeness (QED) is 0.869. The van der Waals surface area contributed by atoms with Crippen LogP contribution < -0.4 is 10.9 Å². The number of fused-ring (bicyclic) bond motifs is 1. The molecule has 3 aliphatic heterocycles. The lowest BCUT2D eigenvalue weighted by Gasteiger charge is -2.36. The number of nitrogens with one attached hydrogen (secondary N) is 2. The third-order valence-electron chi connectivity index (χ3n) is 5.99. The predicted octanol–water partition coefficient (Wildman–Crippen LogP) is 1.01. The Morgan fingerprint density at radius 2 is 1.71 bits per heavy atom. The number of carbonyl (C=O) groups is 1. The van der Waals surface area contributed by atoms with Gasteiger partial charge in [0.05, 0.1) is 6.54 Å². The van der Waals surface area contributed by atoms with E-state index in [1.54, 1.807) is 0 Å². The van der Waals surface area contributed by atoms with Gasteiger partial charge in [0.15, 0.2) is 0 Å². The summed E-state index contributed by atoms with van der Waals surface area (Å²) >= 11 is 0. The number of piperidine rings is 1. The maximum absolute atomic E-state index is 12.7. The van der Waals surface area contributed by atoms with Gasteiger partial charge in [-0.3, -0.25) is 20.5 Å². The van der Waals surface area contributed by atoms with E-state index >= 15 is 0 Å². The second kappa shape index (κ2) is 7.21. The zero-order valence-electron chi connectivity index (χ0n) is 14.3. The van der Waals surface area contributed by atoms with Crippen molar-refractivity contribution < 1.29 is 4.79 Å². The summed E-state index contributed by atoms with van der Waals surface area (Å²) in [5.41, 5.74) is 9.20. The normalized spacial score (nSPS) is 23.4. The number of hydrazine groups is 1. The average Bonchev–Trinajstić information content (AvgIpc) is 3.16. The molecule has 1 aromatic rings. The second-order valence-corrected chi connectivity index (χ2v) is 7.47. The summed E-state index contributed by atoms with van der Waals surface area (Å²) in [6.45, 7) is 6.56. The maximum Gasteiger partial charge on any atom is 0.237 e. The summed E-state index contributed by atoms with van der Waals surface area (Å²) in [5, 5.41) is 0. The van der Waals surface area contributed by atoms with Crippen LogP contribution in [0.1, 0.15) is 24.0 Å². The van der Waals surface area contributed by atoms with E-state index in [4.69, 9.17) is 0 Å². The first kappa shape index (κ1) is 16.1. The van der Waals surface area contributed by atoms with Crippen molar-refractivity contribution in [3.8, 4) is 0 Å². The molecule has 0 saturated carbocycles. The first-order chi connectivity index (χ1) is 11.8. The second-order valence-electron chi connectivity index (χ2n) is 7.47. The lowest BCUT2D eigenvalue weighted by molar-refractivity contribution is -0.133. The van der Waals surface area contributed by atoms with Gasteiger partial charge in [-0.2, -0.15) is 0 Å². The van der Waals surface area contributed by atoms with Crippen LogP contribution in [0, 0.1) is 11.8 Å². The van der Waals surface area contributed by atoms with Gasteiger partial charge in [0, 0.05) is 26.2 Å². The van der Waals surface area contributed by atoms with Crippen molar-refractivity contribution in [1.82, 2.24) is 20.7 Å². The van der Waals surface area contributed by atoms with E-state index in [0.717, 1.165) is 57.5 Å². The van der Waals surface area contributed by atoms with E-state index in [1.807, 2.05) is 4.90 Å². The Labute approximate surface area is 144 Å². The molecule has 0 atom stereocenters. The van der Waals surface area contributed by atoms with Crippen molar-refractivity contribution in [3.63, 3.8) is 0 Å². The van der Waals surface area contributed by atoms with Gasteiger partial charge in [0.1, 0.15) is 0 Å². The fourth-order valence-electron chi connectivity index (χ4n) is 4.39. The molecule has 2 fully saturated rings. The molecule has 5 nitrogen and oxygen atoms in total. The van der Waals surface area contributed by atoms with Gasteiger partial charge in [0.2, 0.25) is 5.91 Å². The molecule has 0 spiro atoms. The molecular formula is C19H28N4O. The van der Waals surface area contributed by atoms with E-state index in [1.165, 1.54) is 24.0 Å². The van der Waals surface area contributed by atoms with Gasteiger partial charge in [-0.05, 0) is 55.3 Å². The molecule has 1 aromatic carbocycles. The van der Waals surface area contributed by atoms with Crippen molar-refractivity contribution in [2.45, 2.75) is 25.8 Å². The Morgan fingerprint density at radius 3 is 2.46 bits per heavy atom. The fraction of sp³-hybridized carbons (Fsp3) is 0.632. The van der Waals surface area contributed by atoms with E-state index in [0.29, 0.717) is 12.5 Å². The van der Waals surface area contributed by atoms with E-state index in [9.17, 15) is 4.79 Å². The predicted molar refractivity (Wildman–Crippen MR) is 94.2 cm³/mol. The number of hydrogen-bond acceptors (Lipinski definition) is 4. The number of rotatable bonds is 3. The minimum Gasteiger partial charge on any atom is -0.337 e. The molecule has 0 aliphatic carbocycles. The minimum absolute atomic E-state index is 0.298. The fourth-order valence-corrected chi connectivity index (χ4v) is 4.39. The summed E-state index contributed by atoms with van der Waals surface area (Å²) in [4.78, 5) is 17.1. The van der Waals surface area contributed by atoms with Crippen molar-refractivity contribution in [1.29, 1.82) is 0 Å². The molecule has 1 amide bonds. The minimum atomic E-state index is 0.298. The lowest BCUT2D eigenvalue weighted by atomic mass is 9.85. The molecule has 3 aliphatic rings. The van der Waals surface area contributed by atoms with Gasteiger partial charge < -0.3 is 4.90 Å². The average molecular weight is 328 g/mol. The highest BCUT2D eigenvalue weighted by Gasteiger charge is 2.30. The summed E-state index contributed by atoms with van der Waals surface area (Å²) in [5.74, 6) is 1.87. The third kappa shape index (κ3) is 3.48.